The quantitative estimate of drug-likeness (QED) is 0.518. The molecule has 0 saturated carbocycles. The van der Waals surface area contributed by atoms with Crippen LogP contribution in [0.25, 0.3) is 0 Å². The fourth-order valence-corrected chi connectivity index (χ4v) is 1.83. The summed E-state index contributed by atoms with van der Waals surface area (Å²) in [6, 6.07) is 0.838. The van der Waals surface area contributed by atoms with E-state index in [-0.39, 0.29) is 0 Å². The number of rotatable bonds is 1. The van der Waals surface area contributed by atoms with Crippen LogP contribution in [0.15, 0.2) is 0 Å². The second-order valence-corrected chi connectivity index (χ2v) is 3.28. The Bertz CT molecular complexity index is 90.6. The van der Waals surface area contributed by atoms with Crippen LogP contribution in [0.3, 0.4) is 0 Å². The lowest BCUT2D eigenvalue weighted by atomic mass is 10.1. The van der Waals surface area contributed by atoms with Crippen LogP contribution in [-0.4, -0.2) is 24.0 Å². The van der Waals surface area contributed by atoms with Crippen LogP contribution in [0.1, 0.15) is 27.2 Å². The molecule has 1 saturated heterocycles. The monoisotopic (exact) mass is 127 g/mol. The molecule has 0 aromatic rings. The molecule has 1 heterocycles. The standard InChI is InChI=1S/C8H17N/c1-4-9-6-7(2)5-8(9)3/h7-8H,4-6H2,1-3H3. The van der Waals surface area contributed by atoms with Crippen LogP contribution in [0.5, 0.6) is 0 Å². The SMILES string of the molecule is CCN1CC(C)CC1C. The molecule has 2 unspecified atom stereocenters. The summed E-state index contributed by atoms with van der Waals surface area (Å²) in [5.41, 5.74) is 0. The first-order valence-corrected chi connectivity index (χ1v) is 3.98. The molecule has 1 rings (SSSR count). The van der Waals surface area contributed by atoms with Crippen molar-refractivity contribution in [3.63, 3.8) is 0 Å². The van der Waals surface area contributed by atoms with Gasteiger partial charge in [-0.2, -0.15) is 0 Å². The molecule has 1 nitrogen and oxygen atoms in total. The van der Waals surface area contributed by atoms with E-state index in [1.54, 1.807) is 0 Å². The van der Waals surface area contributed by atoms with Crippen molar-refractivity contribution >= 4 is 0 Å². The van der Waals surface area contributed by atoms with E-state index >= 15 is 0 Å². The first-order valence-electron chi connectivity index (χ1n) is 3.98. The van der Waals surface area contributed by atoms with Crippen LogP contribution < -0.4 is 0 Å². The average molecular weight is 127 g/mol. The van der Waals surface area contributed by atoms with Gasteiger partial charge in [0.2, 0.25) is 0 Å². The van der Waals surface area contributed by atoms with Gasteiger partial charge < -0.3 is 4.90 Å². The Hall–Kier alpha value is -0.0400. The van der Waals surface area contributed by atoms with Crippen molar-refractivity contribution in [3.05, 3.63) is 0 Å². The van der Waals surface area contributed by atoms with E-state index in [9.17, 15) is 0 Å². The topological polar surface area (TPSA) is 3.24 Å². The zero-order chi connectivity index (χ0) is 6.85. The molecule has 0 N–H and O–H groups in total. The third-order valence-electron chi connectivity index (χ3n) is 2.32. The third-order valence-corrected chi connectivity index (χ3v) is 2.32. The molecule has 1 fully saturated rings. The average Bonchev–Trinajstić information content (AvgIpc) is 2.10. The summed E-state index contributed by atoms with van der Waals surface area (Å²) >= 11 is 0. The van der Waals surface area contributed by atoms with Gasteiger partial charge in [-0.05, 0) is 25.8 Å². The Morgan fingerprint density at radius 2 is 2.11 bits per heavy atom. The highest BCUT2D eigenvalue weighted by atomic mass is 15.2. The Morgan fingerprint density at radius 3 is 2.33 bits per heavy atom. The van der Waals surface area contributed by atoms with E-state index in [0.29, 0.717) is 0 Å². The van der Waals surface area contributed by atoms with Crippen molar-refractivity contribution in [1.29, 1.82) is 0 Å². The molecule has 0 aliphatic carbocycles. The highest BCUT2D eigenvalue weighted by Crippen LogP contribution is 2.20. The van der Waals surface area contributed by atoms with Gasteiger partial charge in [0, 0.05) is 12.6 Å². The normalized spacial score (nSPS) is 37.7. The number of hydrogen-bond acceptors (Lipinski definition) is 1. The first-order chi connectivity index (χ1) is 4.24. The van der Waals surface area contributed by atoms with Gasteiger partial charge in [-0.3, -0.25) is 0 Å². The van der Waals surface area contributed by atoms with Crippen molar-refractivity contribution in [2.24, 2.45) is 5.92 Å². The van der Waals surface area contributed by atoms with Gasteiger partial charge in [-0.25, -0.2) is 0 Å². The molecule has 0 spiro atoms. The summed E-state index contributed by atoms with van der Waals surface area (Å²) in [5, 5.41) is 0. The summed E-state index contributed by atoms with van der Waals surface area (Å²) in [4.78, 5) is 2.55. The molecule has 1 aliphatic rings. The summed E-state index contributed by atoms with van der Waals surface area (Å²) in [5.74, 6) is 0.931. The van der Waals surface area contributed by atoms with Gasteiger partial charge >= 0.3 is 0 Å². The maximum absolute atomic E-state index is 2.55. The van der Waals surface area contributed by atoms with E-state index in [2.05, 4.69) is 25.7 Å². The molecule has 1 heteroatoms. The smallest absolute Gasteiger partial charge is 0.00699 e. The van der Waals surface area contributed by atoms with Crippen LogP contribution in [-0.2, 0) is 0 Å². The van der Waals surface area contributed by atoms with Gasteiger partial charge in [0.25, 0.3) is 0 Å². The minimum Gasteiger partial charge on any atom is -0.301 e. The van der Waals surface area contributed by atoms with Gasteiger partial charge in [0.1, 0.15) is 0 Å². The zero-order valence-electron chi connectivity index (χ0n) is 6.72. The summed E-state index contributed by atoms with van der Waals surface area (Å²) in [7, 11) is 0. The molecular formula is C8H17N. The van der Waals surface area contributed by atoms with Crippen LogP contribution in [0.4, 0.5) is 0 Å². The first kappa shape index (κ1) is 7.07. The van der Waals surface area contributed by atoms with Gasteiger partial charge in [0.05, 0.1) is 0 Å². The largest absolute Gasteiger partial charge is 0.301 e. The summed E-state index contributed by atoms with van der Waals surface area (Å²) in [6.07, 6.45) is 1.40. The number of nitrogens with zero attached hydrogens (tertiary/aromatic N) is 1. The lowest BCUT2D eigenvalue weighted by Gasteiger charge is -2.17. The molecule has 0 aromatic carbocycles. The Kier molecular flexibility index (Phi) is 2.12. The maximum Gasteiger partial charge on any atom is 0.00699 e. The zero-order valence-corrected chi connectivity index (χ0v) is 6.72. The second-order valence-electron chi connectivity index (χ2n) is 3.28. The minimum atomic E-state index is 0.838. The van der Waals surface area contributed by atoms with E-state index in [1.165, 1.54) is 19.5 Å². The number of likely N-dealkylation sites (tertiary alicyclic amines) is 1. The molecule has 0 aromatic heterocycles. The molecule has 54 valence electrons. The van der Waals surface area contributed by atoms with Gasteiger partial charge in [-0.15, -0.1) is 0 Å². The fraction of sp³-hybridized carbons (Fsp3) is 1.00. The minimum absolute atomic E-state index is 0.838. The fourth-order valence-electron chi connectivity index (χ4n) is 1.83. The highest BCUT2D eigenvalue weighted by Gasteiger charge is 2.23. The molecule has 0 radical (unpaired) electrons. The number of hydrogen-bond donors (Lipinski definition) is 0. The molecular weight excluding hydrogens is 110 g/mol. The molecule has 0 bridgehead atoms. The predicted octanol–water partition coefficient (Wildman–Crippen LogP) is 1.74. The van der Waals surface area contributed by atoms with Crippen molar-refractivity contribution in [3.8, 4) is 0 Å². The second kappa shape index (κ2) is 2.70. The van der Waals surface area contributed by atoms with Crippen LogP contribution >= 0.6 is 0 Å². The summed E-state index contributed by atoms with van der Waals surface area (Å²) < 4.78 is 0. The van der Waals surface area contributed by atoms with E-state index in [0.717, 1.165) is 12.0 Å². The molecule has 2 atom stereocenters. The van der Waals surface area contributed by atoms with E-state index in [4.69, 9.17) is 0 Å². The van der Waals surface area contributed by atoms with Gasteiger partial charge in [0.15, 0.2) is 0 Å². The lowest BCUT2D eigenvalue weighted by molar-refractivity contribution is 0.280. The van der Waals surface area contributed by atoms with Crippen molar-refractivity contribution in [2.75, 3.05) is 13.1 Å². The van der Waals surface area contributed by atoms with Crippen LogP contribution in [0.2, 0.25) is 0 Å². The Morgan fingerprint density at radius 1 is 1.44 bits per heavy atom. The summed E-state index contributed by atoms with van der Waals surface area (Å²) in [6.45, 7) is 9.46. The maximum atomic E-state index is 2.55. The van der Waals surface area contributed by atoms with Crippen molar-refractivity contribution in [2.45, 2.75) is 33.2 Å². The third kappa shape index (κ3) is 1.45. The Labute approximate surface area is 58.0 Å². The molecule has 1 aliphatic heterocycles. The van der Waals surface area contributed by atoms with Gasteiger partial charge in [-0.1, -0.05) is 13.8 Å². The van der Waals surface area contributed by atoms with Crippen molar-refractivity contribution < 1.29 is 0 Å². The van der Waals surface area contributed by atoms with Crippen LogP contribution in [0, 0.1) is 5.92 Å². The predicted molar refractivity (Wildman–Crippen MR) is 40.5 cm³/mol. The Balaban J connectivity index is 2.38. The molecule has 9 heavy (non-hydrogen) atoms. The highest BCUT2D eigenvalue weighted by molar-refractivity contribution is 4.78. The lowest BCUT2D eigenvalue weighted by Crippen LogP contribution is -2.26. The van der Waals surface area contributed by atoms with E-state index in [1.807, 2.05) is 0 Å². The van der Waals surface area contributed by atoms with Crippen molar-refractivity contribution in [1.82, 2.24) is 4.90 Å². The molecule has 0 amide bonds. The van der Waals surface area contributed by atoms with E-state index < -0.39 is 0 Å².